The zero-order valence-corrected chi connectivity index (χ0v) is 30.8. The van der Waals surface area contributed by atoms with Crippen molar-refractivity contribution in [3.63, 3.8) is 0 Å². The second kappa shape index (κ2) is 16.5. The minimum Gasteiger partial charge on any atom is -0.611 e. The van der Waals surface area contributed by atoms with E-state index in [2.05, 4.69) is 62.8 Å². The van der Waals surface area contributed by atoms with E-state index in [1.165, 1.54) is 16.8 Å². The maximum absolute atomic E-state index is 13.6. The first kappa shape index (κ1) is 35.3. The highest BCUT2D eigenvalue weighted by Gasteiger charge is 2.23. The van der Waals surface area contributed by atoms with Gasteiger partial charge in [0, 0.05) is 51.7 Å². The maximum atomic E-state index is 13.6. The number of H-pyrrole nitrogens is 1. The van der Waals surface area contributed by atoms with Gasteiger partial charge in [-0.1, -0.05) is 25.1 Å². The van der Waals surface area contributed by atoms with Crippen molar-refractivity contribution in [2.24, 2.45) is 5.92 Å². The van der Waals surface area contributed by atoms with Gasteiger partial charge in [0.1, 0.15) is 18.2 Å². The van der Waals surface area contributed by atoms with E-state index in [9.17, 15) is 4.55 Å². The lowest BCUT2D eigenvalue weighted by Gasteiger charge is -2.33. The molecule has 0 aliphatic carbocycles. The van der Waals surface area contributed by atoms with Gasteiger partial charge >= 0.3 is 0 Å². The number of imidazole rings is 2. The summed E-state index contributed by atoms with van der Waals surface area (Å²) in [5.74, 6) is 2.78. The van der Waals surface area contributed by atoms with Crippen molar-refractivity contribution < 1.29 is 18.8 Å². The normalized spacial score (nSPS) is 17.1. The summed E-state index contributed by atoms with van der Waals surface area (Å²) in [5.41, 5.74) is 9.69. The third-order valence-electron chi connectivity index (χ3n) is 10.0. The maximum Gasteiger partial charge on any atom is 0.155 e. The Labute approximate surface area is 304 Å². The number of anilines is 1. The molecule has 0 amide bonds. The van der Waals surface area contributed by atoms with E-state index in [1.807, 2.05) is 43.6 Å². The summed E-state index contributed by atoms with van der Waals surface area (Å²) in [6.07, 6.45) is 9.34. The molecule has 2 aliphatic rings. The number of aromatic amines is 1. The van der Waals surface area contributed by atoms with Gasteiger partial charge in [0.05, 0.1) is 35.4 Å². The van der Waals surface area contributed by atoms with Crippen LogP contribution in [0.4, 0.5) is 5.69 Å². The molecular formula is C41H49N5O4S. The second-order valence-corrected chi connectivity index (χ2v) is 15.1. The third-order valence-corrected chi connectivity index (χ3v) is 11.4. The summed E-state index contributed by atoms with van der Waals surface area (Å²) in [5, 5.41) is 0. The number of fused-ring (bicyclic) bond motifs is 2. The Balaban J connectivity index is 1.19. The van der Waals surface area contributed by atoms with Gasteiger partial charge in [-0.25, -0.2) is 9.97 Å². The number of allylic oxidation sites excluding steroid dienone is 1. The third kappa shape index (κ3) is 8.36. The van der Waals surface area contributed by atoms with Gasteiger partial charge in [-0.2, -0.15) is 0 Å². The van der Waals surface area contributed by atoms with Crippen molar-refractivity contribution in [1.29, 1.82) is 0 Å². The molecule has 10 heteroatoms. The summed E-state index contributed by atoms with van der Waals surface area (Å²) < 4.78 is 32.3. The smallest absolute Gasteiger partial charge is 0.155 e. The monoisotopic (exact) mass is 707 g/mol. The standard InChI is InChI=1S/C41H49N5O4S/c1-4-17-46-28-42-29(2)40(46)27-51(47)36-12-13-37-38(25-36)44-41(43-37)33-6-5-18-45(26-30-15-19-49-20-16-30)39-14-9-32(23-34(39)24-33)31-7-10-35(11-8-31)50-22-21-48-3/h7-14,23-25,28,30H,4-6,15-22,26-27H2,1-3H3,(H,43,44)/b33-24+/t51-/m1/s1. The van der Waals surface area contributed by atoms with Crippen molar-refractivity contribution in [3.8, 4) is 16.9 Å². The molecule has 1 saturated heterocycles. The van der Waals surface area contributed by atoms with Crippen LogP contribution in [0.1, 0.15) is 61.8 Å². The number of rotatable bonds is 13. The van der Waals surface area contributed by atoms with Gasteiger partial charge in [0.2, 0.25) is 0 Å². The summed E-state index contributed by atoms with van der Waals surface area (Å²) in [4.78, 5) is 16.5. The predicted octanol–water partition coefficient (Wildman–Crippen LogP) is 8.05. The number of hydrogen-bond donors (Lipinski definition) is 1. The van der Waals surface area contributed by atoms with Crippen LogP contribution in [0, 0.1) is 12.8 Å². The molecule has 0 bridgehead atoms. The highest BCUT2D eigenvalue weighted by molar-refractivity contribution is 7.90. The minimum atomic E-state index is -1.21. The molecule has 0 saturated carbocycles. The van der Waals surface area contributed by atoms with Crippen LogP contribution in [0.3, 0.4) is 0 Å². The molecule has 5 aromatic rings. The van der Waals surface area contributed by atoms with Crippen LogP contribution < -0.4 is 9.64 Å². The van der Waals surface area contributed by atoms with Gasteiger partial charge < -0.3 is 33.2 Å². The quantitative estimate of drug-likeness (QED) is 0.0977. The molecule has 0 spiro atoms. The Hall–Kier alpha value is -4.09. The number of nitrogens with zero attached hydrogens (tertiary/aromatic N) is 4. The van der Waals surface area contributed by atoms with Crippen LogP contribution in [0.2, 0.25) is 0 Å². The van der Waals surface area contributed by atoms with Crippen molar-refractivity contribution in [2.45, 2.75) is 63.1 Å². The molecule has 9 nitrogen and oxygen atoms in total. The van der Waals surface area contributed by atoms with Gasteiger partial charge in [-0.05, 0) is 121 Å². The van der Waals surface area contributed by atoms with Gasteiger partial charge in [0.25, 0.3) is 0 Å². The van der Waals surface area contributed by atoms with E-state index >= 15 is 0 Å². The highest BCUT2D eigenvalue weighted by atomic mass is 32.2. The summed E-state index contributed by atoms with van der Waals surface area (Å²) in [6, 6.07) is 21.1. The first-order valence-electron chi connectivity index (χ1n) is 18.3. The lowest BCUT2D eigenvalue weighted by molar-refractivity contribution is 0.0682. The molecule has 51 heavy (non-hydrogen) atoms. The molecule has 0 unspecified atom stereocenters. The van der Waals surface area contributed by atoms with E-state index in [0.717, 1.165) is 115 Å². The number of methoxy groups -OCH3 is 1. The van der Waals surface area contributed by atoms with Crippen molar-refractivity contribution in [1.82, 2.24) is 19.5 Å². The number of benzene rings is 3. The first-order valence-corrected chi connectivity index (χ1v) is 19.6. The first-order chi connectivity index (χ1) is 25.0. The number of aromatic nitrogens is 4. The van der Waals surface area contributed by atoms with E-state index in [4.69, 9.17) is 19.2 Å². The molecule has 4 heterocycles. The molecule has 268 valence electrons. The summed E-state index contributed by atoms with van der Waals surface area (Å²) in [7, 11) is 1.68. The Morgan fingerprint density at radius 2 is 1.84 bits per heavy atom. The molecule has 7 rings (SSSR count). The number of ether oxygens (including phenoxy) is 3. The molecule has 2 aliphatic heterocycles. The molecule has 2 aromatic heterocycles. The van der Waals surface area contributed by atoms with E-state index in [0.29, 0.717) is 24.9 Å². The molecule has 1 atom stereocenters. The van der Waals surface area contributed by atoms with Crippen LogP contribution in [0.5, 0.6) is 5.75 Å². The van der Waals surface area contributed by atoms with Crippen LogP contribution in [-0.2, 0) is 32.9 Å². The van der Waals surface area contributed by atoms with Crippen LogP contribution in [0.25, 0.3) is 33.8 Å². The van der Waals surface area contributed by atoms with Crippen LogP contribution in [-0.4, -0.2) is 70.7 Å². The van der Waals surface area contributed by atoms with Gasteiger partial charge in [-0.15, -0.1) is 0 Å². The Kier molecular flexibility index (Phi) is 11.4. The average Bonchev–Trinajstić information content (AvgIpc) is 3.73. The number of aryl methyl sites for hydroxylation is 2. The molecule has 0 radical (unpaired) electrons. The summed E-state index contributed by atoms with van der Waals surface area (Å²) >= 11 is -1.21. The SMILES string of the molecule is CCCn1cnc(C)c1C[S@@+]([O-])c1ccc2nc(/C3=C/c4cc(-c5ccc(OCCOC)cc5)ccc4N(CC4CCOCC4)CCC3)[nH]c2c1. The van der Waals surface area contributed by atoms with Gasteiger partial charge in [0.15, 0.2) is 10.6 Å². The van der Waals surface area contributed by atoms with Gasteiger partial charge in [-0.3, -0.25) is 0 Å². The Morgan fingerprint density at radius 3 is 2.65 bits per heavy atom. The second-order valence-electron chi connectivity index (χ2n) is 13.6. The summed E-state index contributed by atoms with van der Waals surface area (Å²) in [6.45, 7) is 9.82. The van der Waals surface area contributed by atoms with E-state index in [-0.39, 0.29) is 0 Å². The van der Waals surface area contributed by atoms with Crippen LogP contribution >= 0.6 is 0 Å². The van der Waals surface area contributed by atoms with Crippen molar-refractivity contribution in [3.05, 3.63) is 89.8 Å². The highest BCUT2D eigenvalue weighted by Crippen LogP contribution is 2.36. The molecule has 1 fully saturated rings. The molecular weight excluding hydrogens is 659 g/mol. The zero-order valence-electron chi connectivity index (χ0n) is 30.0. The zero-order chi connectivity index (χ0) is 35.2. The van der Waals surface area contributed by atoms with Crippen molar-refractivity contribution >= 4 is 39.5 Å². The predicted molar refractivity (Wildman–Crippen MR) is 206 cm³/mol. The van der Waals surface area contributed by atoms with E-state index < -0.39 is 11.2 Å². The fourth-order valence-corrected chi connectivity index (χ4v) is 8.46. The molecule has 1 N–H and O–H groups in total. The number of hydrogen-bond acceptors (Lipinski definition) is 7. The van der Waals surface area contributed by atoms with Crippen molar-refractivity contribution in [2.75, 3.05) is 51.5 Å². The van der Waals surface area contributed by atoms with Crippen LogP contribution in [0.15, 0.2) is 71.9 Å². The topological polar surface area (TPSA) is 100 Å². The fourth-order valence-electron chi connectivity index (χ4n) is 7.20. The lowest BCUT2D eigenvalue weighted by atomic mass is 9.94. The Morgan fingerprint density at radius 1 is 1.02 bits per heavy atom. The fraction of sp³-hybridized carbons (Fsp3) is 0.415. The minimum absolute atomic E-state index is 0.441. The number of nitrogens with one attached hydrogen (secondary N) is 1. The Bertz CT molecular complexity index is 1950. The lowest BCUT2D eigenvalue weighted by Crippen LogP contribution is -2.34. The average molecular weight is 708 g/mol. The molecule has 3 aromatic carbocycles. The largest absolute Gasteiger partial charge is 0.611 e. The van der Waals surface area contributed by atoms with E-state index in [1.54, 1.807) is 7.11 Å².